The van der Waals surface area contributed by atoms with Gasteiger partial charge in [-0.15, -0.1) is 13.2 Å². The zero-order valence-corrected chi connectivity index (χ0v) is 10.0. The van der Waals surface area contributed by atoms with Crippen LogP contribution in [0.1, 0.15) is 0 Å². The van der Waals surface area contributed by atoms with Crippen LogP contribution in [-0.2, 0) is 0 Å². The van der Waals surface area contributed by atoms with Gasteiger partial charge in [0.05, 0.1) is 5.69 Å². The lowest BCUT2D eigenvalue weighted by Gasteiger charge is -2.13. The van der Waals surface area contributed by atoms with Crippen LogP contribution in [0, 0.1) is 0 Å². The molecule has 0 atom stereocenters. The first kappa shape index (κ1) is 13.8. The maximum absolute atomic E-state index is 12.2. The van der Waals surface area contributed by atoms with E-state index >= 15 is 0 Å². The number of alkyl halides is 3. The summed E-state index contributed by atoms with van der Waals surface area (Å²) in [5.41, 5.74) is 11.2. The average Bonchev–Trinajstić information content (AvgIpc) is 2.34. The van der Waals surface area contributed by atoms with Gasteiger partial charge in [-0.2, -0.15) is 4.98 Å². The fourth-order valence-corrected chi connectivity index (χ4v) is 1.38. The highest BCUT2D eigenvalue weighted by molar-refractivity contribution is 5.59. The zero-order chi connectivity index (χ0) is 14.8. The molecule has 0 spiro atoms. The second-order valence-electron chi connectivity index (χ2n) is 3.72. The highest BCUT2D eigenvalue weighted by Gasteiger charge is 2.32. The van der Waals surface area contributed by atoms with Crippen LogP contribution in [0.5, 0.6) is 17.4 Å². The van der Waals surface area contributed by atoms with E-state index in [4.69, 9.17) is 16.2 Å². The first-order chi connectivity index (χ1) is 9.35. The number of aromatic nitrogens is 1. The van der Waals surface area contributed by atoms with Crippen LogP contribution in [0.2, 0.25) is 0 Å². The minimum Gasteiger partial charge on any atom is -0.435 e. The molecule has 2 aromatic rings. The maximum atomic E-state index is 12.2. The quantitative estimate of drug-likeness (QED) is 0.905. The average molecular weight is 285 g/mol. The number of para-hydroxylation sites is 2. The Balaban J connectivity index is 2.27. The summed E-state index contributed by atoms with van der Waals surface area (Å²) >= 11 is 0. The van der Waals surface area contributed by atoms with Crippen LogP contribution < -0.4 is 20.9 Å². The Morgan fingerprint density at radius 1 is 0.950 bits per heavy atom. The van der Waals surface area contributed by atoms with Gasteiger partial charge >= 0.3 is 6.36 Å². The summed E-state index contributed by atoms with van der Waals surface area (Å²) in [7, 11) is 0. The Hall–Kier alpha value is -2.64. The van der Waals surface area contributed by atoms with Gasteiger partial charge in [0.1, 0.15) is 0 Å². The van der Waals surface area contributed by atoms with Gasteiger partial charge in [-0.25, -0.2) is 0 Å². The number of rotatable bonds is 3. The number of ether oxygens (including phenoxy) is 2. The normalized spacial score (nSPS) is 11.2. The van der Waals surface area contributed by atoms with E-state index in [0.29, 0.717) is 0 Å². The number of halogens is 3. The van der Waals surface area contributed by atoms with Gasteiger partial charge in [0.25, 0.3) is 0 Å². The summed E-state index contributed by atoms with van der Waals surface area (Å²) < 4.78 is 45.8. The van der Waals surface area contributed by atoms with Gasteiger partial charge in [-0.05, 0) is 18.2 Å². The minimum absolute atomic E-state index is 0.00919. The predicted octanol–water partition coefficient (Wildman–Crippen LogP) is 2.94. The van der Waals surface area contributed by atoms with Crippen molar-refractivity contribution in [2.24, 2.45) is 0 Å². The van der Waals surface area contributed by atoms with Gasteiger partial charge in [0.2, 0.25) is 5.88 Å². The Morgan fingerprint density at radius 3 is 2.20 bits per heavy atom. The van der Waals surface area contributed by atoms with Gasteiger partial charge in [0.15, 0.2) is 17.3 Å². The van der Waals surface area contributed by atoms with E-state index in [0.717, 1.165) is 6.07 Å². The molecule has 0 fully saturated rings. The minimum atomic E-state index is -4.81. The molecule has 0 radical (unpaired) electrons. The largest absolute Gasteiger partial charge is 0.573 e. The number of benzene rings is 1. The molecule has 4 N–H and O–H groups in total. The van der Waals surface area contributed by atoms with Crippen LogP contribution in [0.15, 0.2) is 36.4 Å². The molecule has 0 unspecified atom stereocenters. The third kappa shape index (κ3) is 3.44. The molecule has 0 aliphatic rings. The Bertz CT molecular complexity index is 617. The summed E-state index contributed by atoms with van der Waals surface area (Å²) in [6, 6.07) is 8.15. The molecule has 1 aromatic heterocycles. The molecule has 0 saturated heterocycles. The van der Waals surface area contributed by atoms with Crippen LogP contribution in [-0.4, -0.2) is 11.3 Å². The SMILES string of the molecule is Nc1ccc(Oc2ccccc2OC(F)(F)F)nc1N. The van der Waals surface area contributed by atoms with Crippen LogP contribution in [0.25, 0.3) is 0 Å². The summed E-state index contributed by atoms with van der Waals surface area (Å²) in [4.78, 5) is 3.80. The number of nitrogen functional groups attached to an aromatic ring is 2. The lowest BCUT2D eigenvalue weighted by Crippen LogP contribution is -2.17. The van der Waals surface area contributed by atoms with Gasteiger partial charge < -0.3 is 20.9 Å². The lowest BCUT2D eigenvalue weighted by molar-refractivity contribution is -0.275. The highest BCUT2D eigenvalue weighted by Crippen LogP contribution is 2.34. The fourth-order valence-electron chi connectivity index (χ4n) is 1.38. The molecule has 20 heavy (non-hydrogen) atoms. The molecule has 0 aliphatic heterocycles. The number of anilines is 2. The van der Waals surface area contributed by atoms with E-state index in [-0.39, 0.29) is 23.1 Å². The van der Waals surface area contributed by atoms with Crippen molar-refractivity contribution in [3.05, 3.63) is 36.4 Å². The summed E-state index contributed by atoms with van der Waals surface area (Å²) in [6.07, 6.45) is -4.81. The molecule has 0 aliphatic carbocycles. The molecular weight excluding hydrogens is 275 g/mol. The molecule has 8 heteroatoms. The van der Waals surface area contributed by atoms with Crippen molar-refractivity contribution in [1.82, 2.24) is 4.98 Å². The van der Waals surface area contributed by atoms with E-state index in [1.807, 2.05) is 0 Å². The van der Waals surface area contributed by atoms with E-state index in [1.165, 1.54) is 30.3 Å². The zero-order valence-electron chi connectivity index (χ0n) is 10.0. The maximum Gasteiger partial charge on any atom is 0.573 e. The summed E-state index contributed by atoms with van der Waals surface area (Å²) in [6.45, 7) is 0. The summed E-state index contributed by atoms with van der Waals surface area (Å²) in [5.74, 6) is -0.578. The monoisotopic (exact) mass is 285 g/mol. The molecule has 106 valence electrons. The van der Waals surface area contributed by atoms with Crippen molar-refractivity contribution in [3.63, 3.8) is 0 Å². The molecule has 0 bridgehead atoms. The molecule has 0 saturated carbocycles. The van der Waals surface area contributed by atoms with Gasteiger partial charge in [0, 0.05) is 6.07 Å². The van der Waals surface area contributed by atoms with Crippen LogP contribution in [0.4, 0.5) is 24.7 Å². The first-order valence-corrected chi connectivity index (χ1v) is 5.40. The molecular formula is C12H10F3N3O2. The smallest absolute Gasteiger partial charge is 0.435 e. The number of nitrogens with zero attached hydrogens (tertiary/aromatic N) is 1. The van der Waals surface area contributed by atoms with E-state index in [9.17, 15) is 13.2 Å². The number of pyridine rings is 1. The predicted molar refractivity (Wildman–Crippen MR) is 66.3 cm³/mol. The number of hydrogen-bond acceptors (Lipinski definition) is 5. The van der Waals surface area contributed by atoms with Crippen molar-refractivity contribution >= 4 is 11.5 Å². The van der Waals surface area contributed by atoms with Crippen molar-refractivity contribution in [2.45, 2.75) is 6.36 Å². The van der Waals surface area contributed by atoms with Crippen molar-refractivity contribution in [3.8, 4) is 17.4 Å². The second kappa shape index (κ2) is 5.16. The van der Waals surface area contributed by atoms with Gasteiger partial charge in [-0.1, -0.05) is 12.1 Å². The van der Waals surface area contributed by atoms with E-state index in [2.05, 4.69) is 9.72 Å². The topological polar surface area (TPSA) is 83.4 Å². The Kier molecular flexibility index (Phi) is 3.55. The molecule has 5 nitrogen and oxygen atoms in total. The van der Waals surface area contributed by atoms with Crippen molar-refractivity contribution < 1.29 is 22.6 Å². The molecule has 2 rings (SSSR count). The Labute approximate surface area is 111 Å². The van der Waals surface area contributed by atoms with Crippen molar-refractivity contribution in [1.29, 1.82) is 0 Å². The van der Waals surface area contributed by atoms with Crippen LogP contribution in [0.3, 0.4) is 0 Å². The molecule has 1 aromatic carbocycles. The number of hydrogen-bond donors (Lipinski definition) is 2. The van der Waals surface area contributed by atoms with E-state index in [1.54, 1.807) is 0 Å². The second-order valence-corrected chi connectivity index (χ2v) is 3.72. The van der Waals surface area contributed by atoms with Gasteiger partial charge in [-0.3, -0.25) is 0 Å². The third-order valence-corrected chi connectivity index (χ3v) is 2.22. The molecule has 0 amide bonds. The third-order valence-electron chi connectivity index (χ3n) is 2.22. The standard InChI is InChI=1S/C12H10F3N3O2/c13-12(14,15)20-9-4-2-1-3-8(9)19-10-6-5-7(16)11(17)18-10/h1-6H,16H2,(H2,17,18). The number of nitrogens with two attached hydrogens (primary N) is 2. The first-order valence-electron chi connectivity index (χ1n) is 5.40. The Morgan fingerprint density at radius 2 is 1.60 bits per heavy atom. The van der Waals surface area contributed by atoms with E-state index < -0.39 is 12.1 Å². The van der Waals surface area contributed by atoms with Crippen molar-refractivity contribution in [2.75, 3.05) is 11.5 Å². The fraction of sp³-hybridized carbons (Fsp3) is 0.0833. The molecule has 1 heterocycles. The highest BCUT2D eigenvalue weighted by atomic mass is 19.4. The van der Waals surface area contributed by atoms with Crippen LogP contribution >= 0.6 is 0 Å². The lowest BCUT2D eigenvalue weighted by atomic mass is 10.3. The summed E-state index contributed by atoms with van der Waals surface area (Å²) in [5, 5.41) is 0.